The first-order chi connectivity index (χ1) is 18.6. The quantitative estimate of drug-likeness (QED) is 0.263. The number of aromatic nitrogens is 5. The highest BCUT2D eigenvalue weighted by atomic mass is 16.6. The number of nitrogens with zero attached hydrogens (tertiary/aromatic N) is 7. The van der Waals surface area contributed by atoms with Crippen LogP contribution in [0, 0.1) is 0 Å². The highest BCUT2D eigenvalue weighted by Gasteiger charge is 2.27. The molecular weight excluding hydrogens is 482 g/mol. The van der Waals surface area contributed by atoms with Crippen molar-refractivity contribution in [3.63, 3.8) is 0 Å². The summed E-state index contributed by atoms with van der Waals surface area (Å²) in [7, 11) is 0. The normalized spacial score (nSPS) is 13.5. The molecule has 190 valence electrons. The fourth-order valence-electron chi connectivity index (χ4n) is 4.75. The Labute approximate surface area is 217 Å². The van der Waals surface area contributed by atoms with Crippen LogP contribution >= 0.6 is 0 Å². The zero-order valence-corrected chi connectivity index (χ0v) is 20.7. The lowest BCUT2D eigenvalue weighted by molar-refractivity contribution is 0.0948. The first-order valence-electron chi connectivity index (χ1n) is 12.3. The van der Waals surface area contributed by atoms with Crippen molar-refractivity contribution >= 4 is 33.9 Å². The van der Waals surface area contributed by atoms with Crippen LogP contribution in [0.4, 0.5) is 11.5 Å². The molecule has 11 nitrogen and oxygen atoms in total. The van der Waals surface area contributed by atoms with Crippen molar-refractivity contribution < 1.29 is 9.42 Å². The third-order valence-corrected chi connectivity index (χ3v) is 6.71. The number of hydrazone groups is 1. The number of nitrogens with one attached hydrogen (secondary N) is 1. The lowest BCUT2D eigenvalue weighted by atomic mass is 10.0. The van der Waals surface area contributed by atoms with Gasteiger partial charge in [0.25, 0.3) is 5.91 Å². The number of anilines is 2. The van der Waals surface area contributed by atoms with E-state index >= 15 is 0 Å². The van der Waals surface area contributed by atoms with Gasteiger partial charge in [-0.15, -0.1) is 5.10 Å². The van der Waals surface area contributed by atoms with Crippen molar-refractivity contribution in [2.75, 3.05) is 17.2 Å². The number of hydrogen-bond donors (Lipinski definition) is 2. The van der Waals surface area contributed by atoms with Gasteiger partial charge in [-0.2, -0.15) is 9.78 Å². The fourth-order valence-corrected chi connectivity index (χ4v) is 4.75. The molecule has 1 aliphatic rings. The Bertz CT molecular complexity index is 1670. The van der Waals surface area contributed by atoms with E-state index in [9.17, 15) is 4.79 Å². The summed E-state index contributed by atoms with van der Waals surface area (Å²) >= 11 is 0. The number of rotatable bonds is 6. The summed E-state index contributed by atoms with van der Waals surface area (Å²) in [6.45, 7) is 3.01. The molecule has 1 amide bonds. The van der Waals surface area contributed by atoms with Crippen LogP contribution < -0.4 is 16.1 Å². The van der Waals surface area contributed by atoms with Gasteiger partial charge in [-0.25, -0.2) is 10.1 Å². The minimum absolute atomic E-state index is 0.0484. The first-order valence-corrected chi connectivity index (χ1v) is 12.3. The molecule has 2 aromatic heterocycles. The van der Waals surface area contributed by atoms with Crippen LogP contribution in [0.1, 0.15) is 40.7 Å². The standard InChI is InChI=1S/C27H25N9O2/c1-17(20-13-12-18-7-2-3-9-21(18)15-20)29-31-27(37)24-23(36(34-30-24)26-25(28)32-38-33-26)16-35-14-6-10-19-8-4-5-11-22(19)35/h2-5,7-9,11-13,15H,6,10,14,16H2,1H3,(H2,28,32)(H,31,37)/b29-17-. The van der Waals surface area contributed by atoms with Crippen LogP contribution in [-0.2, 0) is 13.0 Å². The minimum Gasteiger partial charge on any atom is -0.378 e. The van der Waals surface area contributed by atoms with Crippen molar-refractivity contribution in [1.82, 2.24) is 30.7 Å². The number of fused-ring (bicyclic) bond motifs is 2. The third kappa shape index (κ3) is 4.34. The van der Waals surface area contributed by atoms with Crippen LogP contribution in [0.2, 0.25) is 0 Å². The van der Waals surface area contributed by atoms with Crippen molar-refractivity contribution in [2.24, 2.45) is 5.10 Å². The topological polar surface area (TPSA) is 140 Å². The number of carbonyl (C=O) groups excluding carboxylic acids is 1. The molecule has 0 saturated heterocycles. The van der Waals surface area contributed by atoms with Gasteiger partial charge in [-0.3, -0.25) is 4.79 Å². The molecule has 3 N–H and O–H groups in total. The predicted octanol–water partition coefficient (Wildman–Crippen LogP) is 3.49. The van der Waals surface area contributed by atoms with Gasteiger partial charge < -0.3 is 10.6 Å². The Morgan fingerprint density at radius 3 is 2.74 bits per heavy atom. The van der Waals surface area contributed by atoms with Gasteiger partial charge in [0.2, 0.25) is 11.6 Å². The number of nitrogens with two attached hydrogens (primary N) is 1. The average Bonchev–Trinajstić information content (AvgIpc) is 3.57. The number of hydrogen-bond acceptors (Lipinski definition) is 9. The Kier molecular flexibility index (Phi) is 6.00. The second-order valence-electron chi connectivity index (χ2n) is 9.12. The summed E-state index contributed by atoms with van der Waals surface area (Å²) < 4.78 is 6.18. The average molecular weight is 508 g/mol. The number of carbonyl (C=O) groups is 1. The Balaban J connectivity index is 1.31. The molecule has 0 aliphatic carbocycles. The van der Waals surface area contributed by atoms with Crippen molar-refractivity contribution in [2.45, 2.75) is 26.3 Å². The zero-order valence-electron chi connectivity index (χ0n) is 20.7. The lowest BCUT2D eigenvalue weighted by Gasteiger charge is -2.31. The van der Waals surface area contributed by atoms with E-state index < -0.39 is 5.91 Å². The molecule has 3 aromatic carbocycles. The van der Waals surface area contributed by atoms with Crippen LogP contribution in [0.3, 0.4) is 0 Å². The number of benzene rings is 3. The maximum atomic E-state index is 13.3. The van der Waals surface area contributed by atoms with E-state index in [-0.39, 0.29) is 17.3 Å². The molecule has 0 saturated carbocycles. The Morgan fingerprint density at radius 1 is 1.08 bits per heavy atom. The Hall–Kier alpha value is -5.06. The smallest absolute Gasteiger partial charge is 0.293 e. The summed E-state index contributed by atoms with van der Waals surface area (Å²) in [6, 6.07) is 22.4. The first kappa shape index (κ1) is 23.3. The van der Waals surface area contributed by atoms with Gasteiger partial charge in [0.15, 0.2) is 5.69 Å². The molecule has 0 spiro atoms. The highest BCUT2D eigenvalue weighted by Crippen LogP contribution is 2.29. The largest absolute Gasteiger partial charge is 0.378 e. The molecule has 0 atom stereocenters. The molecule has 38 heavy (non-hydrogen) atoms. The third-order valence-electron chi connectivity index (χ3n) is 6.71. The molecule has 0 unspecified atom stereocenters. The van der Waals surface area contributed by atoms with Crippen LogP contribution in [-0.4, -0.2) is 43.5 Å². The molecule has 3 heterocycles. The summed E-state index contributed by atoms with van der Waals surface area (Å²) in [5, 5.41) is 22.4. The van der Waals surface area contributed by atoms with Gasteiger partial charge >= 0.3 is 0 Å². The molecule has 11 heteroatoms. The van der Waals surface area contributed by atoms with Crippen LogP contribution in [0.15, 0.2) is 76.5 Å². The number of amides is 1. The van der Waals surface area contributed by atoms with Crippen molar-refractivity contribution in [3.05, 3.63) is 89.2 Å². The second-order valence-corrected chi connectivity index (χ2v) is 9.12. The van der Waals surface area contributed by atoms with Gasteiger partial charge in [-0.05, 0) is 64.1 Å². The zero-order chi connectivity index (χ0) is 26.1. The van der Waals surface area contributed by atoms with Gasteiger partial charge in [0.05, 0.1) is 18.0 Å². The van der Waals surface area contributed by atoms with E-state index in [1.54, 1.807) is 0 Å². The predicted molar refractivity (Wildman–Crippen MR) is 143 cm³/mol. The molecule has 5 aromatic rings. The molecule has 1 aliphatic heterocycles. The maximum Gasteiger partial charge on any atom is 0.293 e. The van der Waals surface area contributed by atoms with E-state index in [2.05, 4.69) is 54.3 Å². The van der Waals surface area contributed by atoms with Crippen LogP contribution in [0.25, 0.3) is 16.6 Å². The minimum atomic E-state index is -0.494. The molecule has 0 fully saturated rings. The fraction of sp³-hybridized carbons (Fsp3) is 0.185. The van der Waals surface area contributed by atoms with E-state index in [0.29, 0.717) is 18.0 Å². The number of aryl methyl sites for hydroxylation is 1. The summed E-state index contributed by atoms with van der Waals surface area (Å²) in [5.74, 6) is -0.272. The number of para-hydroxylation sites is 1. The SMILES string of the molecule is C/C(=N/NC(=O)c1nnn(-c2nonc2N)c1CN1CCCc2ccccc21)c1ccc2ccccc2c1. The van der Waals surface area contributed by atoms with E-state index in [4.69, 9.17) is 10.4 Å². The molecule has 0 radical (unpaired) electrons. The van der Waals surface area contributed by atoms with Crippen LogP contribution in [0.5, 0.6) is 0 Å². The molecule has 0 bridgehead atoms. The van der Waals surface area contributed by atoms with Gasteiger partial charge in [0, 0.05) is 12.2 Å². The maximum absolute atomic E-state index is 13.3. The van der Waals surface area contributed by atoms with Gasteiger partial charge in [0.1, 0.15) is 0 Å². The van der Waals surface area contributed by atoms with Crippen molar-refractivity contribution in [3.8, 4) is 5.82 Å². The summed E-state index contributed by atoms with van der Waals surface area (Å²) in [4.78, 5) is 15.5. The molecular formula is C27H25N9O2. The summed E-state index contributed by atoms with van der Waals surface area (Å²) in [6.07, 6.45) is 1.99. The monoisotopic (exact) mass is 507 g/mol. The van der Waals surface area contributed by atoms with E-state index in [1.165, 1.54) is 10.2 Å². The van der Waals surface area contributed by atoms with E-state index in [1.807, 2.05) is 55.5 Å². The highest BCUT2D eigenvalue weighted by molar-refractivity contribution is 6.03. The Morgan fingerprint density at radius 2 is 1.89 bits per heavy atom. The van der Waals surface area contributed by atoms with E-state index in [0.717, 1.165) is 41.4 Å². The molecule has 6 rings (SSSR count). The second kappa shape index (κ2) is 9.77. The van der Waals surface area contributed by atoms with Crippen molar-refractivity contribution in [1.29, 1.82) is 0 Å². The lowest BCUT2D eigenvalue weighted by Crippen LogP contribution is -2.31. The summed E-state index contributed by atoms with van der Waals surface area (Å²) in [5.41, 5.74) is 13.1. The van der Waals surface area contributed by atoms with Gasteiger partial charge in [-0.1, -0.05) is 59.8 Å². The number of nitrogen functional groups attached to an aromatic ring is 1.